The molecule has 0 aliphatic carbocycles. The first kappa shape index (κ1) is 17.5. The van der Waals surface area contributed by atoms with Crippen LogP contribution < -0.4 is 0 Å². The van der Waals surface area contributed by atoms with Gasteiger partial charge in [-0.3, -0.25) is 0 Å². The van der Waals surface area contributed by atoms with Crippen molar-refractivity contribution in [2.75, 3.05) is 0 Å². The molecule has 0 saturated carbocycles. The Morgan fingerprint density at radius 1 is 1.25 bits per heavy atom. The summed E-state index contributed by atoms with van der Waals surface area (Å²) in [7, 11) is 0. The normalized spacial score (nSPS) is 0.750. The van der Waals surface area contributed by atoms with Gasteiger partial charge in [-0.15, -0.1) is 0 Å². The summed E-state index contributed by atoms with van der Waals surface area (Å²) < 4.78 is 8.25. The van der Waals surface area contributed by atoms with E-state index in [1.807, 2.05) is 0 Å². The molecule has 21 valence electrons. The van der Waals surface area contributed by atoms with Gasteiger partial charge in [0.2, 0.25) is 0 Å². The zero-order chi connectivity index (χ0) is 2.00. The van der Waals surface area contributed by atoms with Crippen LogP contribution in [0.4, 0.5) is 0 Å². The van der Waals surface area contributed by atoms with E-state index >= 15 is 0 Å². The molecule has 0 atom stereocenters. The van der Waals surface area contributed by atoms with E-state index in [0.29, 0.717) is 0 Å². The predicted molar refractivity (Wildman–Crippen MR) is 7.84 cm³/mol. The quantitative estimate of drug-likeness (QED) is 0.394. The molecule has 0 aliphatic rings. The molecule has 0 N–H and O–H groups in total. The van der Waals surface area contributed by atoms with Crippen molar-refractivity contribution in [1.29, 1.82) is 0 Å². The van der Waals surface area contributed by atoms with E-state index in [1.54, 1.807) is 0 Å². The van der Waals surface area contributed by atoms with Crippen molar-refractivity contribution in [1.82, 2.24) is 0 Å². The molecule has 4 heteroatoms. The monoisotopic (exact) mass is 131 g/mol. The van der Waals surface area contributed by atoms with Crippen molar-refractivity contribution in [2.45, 2.75) is 0 Å². The summed E-state index contributed by atoms with van der Waals surface area (Å²) >= 11 is 0.750. The van der Waals surface area contributed by atoms with Gasteiger partial charge in [-0.2, -0.15) is 0 Å². The first-order valence-corrected chi connectivity index (χ1v) is 0.842. The molecule has 0 spiro atoms. The Morgan fingerprint density at radius 2 is 1.25 bits per heavy atom. The Kier molecular flexibility index (Phi) is 101. The first-order chi connectivity index (χ1) is 1.00. The molecular formula is HCoLiOTi. The Morgan fingerprint density at radius 3 is 1.25 bits per heavy atom. The topological polar surface area (TPSA) is 17.1 Å². The van der Waals surface area contributed by atoms with Crippen LogP contribution in [0.1, 0.15) is 0 Å². The summed E-state index contributed by atoms with van der Waals surface area (Å²) in [5, 5.41) is 0. The summed E-state index contributed by atoms with van der Waals surface area (Å²) in [6.07, 6.45) is 0. The van der Waals surface area contributed by atoms with Crippen molar-refractivity contribution in [3.63, 3.8) is 0 Å². The van der Waals surface area contributed by atoms with Gasteiger partial charge >= 0.3 is 42.6 Å². The summed E-state index contributed by atoms with van der Waals surface area (Å²) in [5.74, 6) is 0. The van der Waals surface area contributed by atoms with E-state index in [1.165, 1.54) is 0 Å². The maximum atomic E-state index is 8.25. The fourth-order valence-electron chi connectivity index (χ4n) is 0. The summed E-state index contributed by atoms with van der Waals surface area (Å²) in [5.41, 5.74) is 0. The molecule has 0 rings (SSSR count). The van der Waals surface area contributed by atoms with Gasteiger partial charge in [0.15, 0.2) is 0 Å². The van der Waals surface area contributed by atoms with Crippen LogP contribution in [-0.4, -0.2) is 18.9 Å². The fraction of sp³-hybridized carbons (Fsp3) is 0. The third kappa shape index (κ3) is 9.47. The van der Waals surface area contributed by atoms with Crippen LogP contribution in [0.2, 0.25) is 0 Å². The van der Waals surface area contributed by atoms with Gasteiger partial charge in [-0.25, -0.2) is 0 Å². The average Bonchev–Trinajstić information content (AvgIpc) is 1.00. The van der Waals surface area contributed by atoms with Crippen molar-refractivity contribution < 1.29 is 40.5 Å². The number of hydrogen-bond acceptors (Lipinski definition) is 1. The molecule has 0 fully saturated rings. The van der Waals surface area contributed by atoms with Crippen LogP contribution in [-0.2, 0) is 40.5 Å². The summed E-state index contributed by atoms with van der Waals surface area (Å²) in [6, 6.07) is 0. The van der Waals surface area contributed by atoms with Crippen LogP contribution in [0.5, 0.6) is 0 Å². The van der Waals surface area contributed by atoms with Gasteiger partial charge in [-0.05, 0) is 0 Å². The molecule has 0 saturated heterocycles. The van der Waals surface area contributed by atoms with Crippen molar-refractivity contribution in [3.8, 4) is 0 Å². The third-order valence-corrected chi connectivity index (χ3v) is 0. The molecule has 0 aliphatic heterocycles. The van der Waals surface area contributed by atoms with Gasteiger partial charge < -0.3 is 0 Å². The van der Waals surface area contributed by atoms with E-state index in [9.17, 15) is 0 Å². The van der Waals surface area contributed by atoms with Crippen LogP contribution in [0.25, 0.3) is 0 Å². The minimum atomic E-state index is 0. The van der Waals surface area contributed by atoms with Crippen molar-refractivity contribution in [2.24, 2.45) is 0 Å². The summed E-state index contributed by atoms with van der Waals surface area (Å²) in [4.78, 5) is 0. The van der Waals surface area contributed by atoms with E-state index in [4.69, 9.17) is 3.32 Å². The number of hydrogen-bond donors (Lipinski definition) is 0. The molecule has 0 unspecified atom stereocenters. The van der Waals surface area contributed by atoms with Crippen LogP contribution >= 0.6 is 0 Å². The molecule has 0 heterocycles. The molecule has 0 amide bonds. The Bertz CT molecular complexity index is 8.00. The molecule has 0 bridgehead atoms. The van der Waals surface area contributed by atoms with Gasteiger partial charge in [0, 0.05) is 16.8 Å². The van der Waals surface area contributed by atoms with E-state index in [-0.39, 0.29) is 35.6 Å². The SMILES string of the molecule is [Co].[LiH].[O]=[Ti]. The zero-order valence-corrected chi connectivity index (χ0v) is 3.84. The van der Waals surface area contributed by atoms with Crippen LogP contribution in [0, 0.1) is 0 Å². The molecule has 1 radical (unpaired) electrons. The fourth-order valence-corrected chi connectivity index (χ4v) is 0. The Labute approximate surface area is 59.0 Å². The second kappa shape index (κ2) is 23.1. The minimum absolute atomic E-state index is 0. The van der Waals surface area contributed by atoms with E-state index in [0.717, 1.165) is 20.4 Å². The van der Waals surface area contributed by atoms with Gasteiger partial charge in [0.05, 0.1) is 0 Å². The summed E-state index contributed by atoms with van der Waals surface area (Å²) in [6.45, 7) is 0. The molecule has 4 heavy (non-hydrogen) atoms. The molecule has 0 aromatic carbocycles. The average molecular weight is 131 g/mol. The molecular weight excluding hydrogens is 130 g/mol. The molecule has 0 aromatic heterocycles. The standard InChI is InChI=1S/Co.Li.O.Ti.H. The predicted octanol–water partition coefficient (Wildman–Crippen LogP) is -0.772. The third-order valence-electron chi connectivity index (χ3n) is 0. The molecule has 1 nitrogen and oxygen atoms in total. The van der Waals surface area contributed by atoms with Crippen LogP contribution in [0.15, 0.2) is 0 Å². The van der Waals surface area contributed by atoms with Crippen molar-refractivity contribution in [3.05, 3.63) is 0 Å². The van der Waals surface area contributed by atoms with Gasteiger partial charge in [0.1, 0.15) is 0 Å². The van der Waals surface area contributed by atoms with E-state index in [2.05, 4.69) is 0 Å². The zero-order valence-electron chi connectivity index (χ0n) is 1.24. The van der Waals surface area contributed by atoms with Gasteiger partial charge in [0.25, 0.3) is 0 Å². The van der Waals surface area contributed by atoms with Crippen LogP contribution in [0.3, 0.4) is 0 Å². The Balaban J connectivity index is -0.00000000500. The number of rotatable bonds is 0. The first-order valence-electron chi connectivity index (χ1n) is 0.204. The van der Waals surface area contributed by atoms with Crippen molar-refractivity contribution >= 4 is 18.9 Å². The Hall–Kier alpha value is 1.62. The molecule has 0 aromatic rings. The maximum absolute atomic E-state index is 8.25. The second-order valence-electron chi connectivity index (χ2n) is 0. The second-order valence-corrected chi connectivity index (χ2v) is 0. The van der Waals surface area contributed by atoms with Gasteiger partial charge in [-0.1, -0.05) is 0 Å². The van der Waals surface area contributed by atoms with E-state index < -0.39 is 0 Å².